The smallest absolute Gasteiger partial charge is 0.306 e. The first-order valence-electron chi connectivity index (χ1n) is 6.14. The molecule has 19 heavy (non-hydrogen) atoms. The van der Waals surface area contributed by atoms with Gasteiger partial charge in [-0.1, -0.05) is 6.07 Å². The Morgan fingerprint density at radius 3 is 2.37 bits per heavy atom. The molecule has 0 N–H and O–H groups in total. The monoisotopic (exact) mass is 273 g/mol. The van der Waals surface area contributed by atoms with Gasteiger partial charge in [0, 0.05) is 25.1 Å². The van der Waals surface area contributed by atoms with Crippen LogP contribution in [0.3, 0.4) is 0 Å². The van der Waals surface area contributed by atoms with Gasteiger partial charge in [0.05, 0.1) is 0 Å². The number of Topliss-reactive ketones (excluding diaryl/α,β-unsaturated/α-hetero) is 1. The fourth-order valence-corrected chi connectivity index (χ4v) is 2.38. The van der Waals surface area contributed by atoms with Crippen molar-refractivity contribution in [2.75, 3.05) is 0 Å². The molecular weight excluding hydrogens is 259 g/mol. The number of nitrogens with zero attached hydrogens (tertiary/aromatic N) is 1. The van der Waals surface area contributed by atoms with Gasteiger partial charge in [0.25, 0.3) is 5.56 Å². The summed E-state index contributed by atoms with van der Waals surface area (Å²) in [5, 5.41) is 0. The Kier molecular flexibility index (Phi) is 3.78. The molecule has 0 unspecified atom stereocenters. The summed E-state index contributed by atoms with van der Waals surface area (Å²) in [6, 6.07) is 2.73. The topological polar surface area (TPSA) is 39.1 Å². The standard InChI is InChI=1S/C13H14F3NO2/c14-13(15,16)8-17-7-10(3-6-12(17)19)9-1-4-11(18)5-2-9/h3,6-7,9H,1-2,4-5,8H2. The van der Waals surface area contributed by atoms with Crippen LogP contribution >= 0.6 is 0 Å². The van der Waals surface area contributed by atoms with E-state index in [-0.39, 0.29) is 11.7 Å². The van der Waals surface area contributed by atoms with E-state index in [2.05, 4.69) is 0 Å². The van der Waals surface area contributed by atoms with Crippen LogP contribution in [0.1, 0.15) is 37.2 Å². The Morgan fingerprint density at radius 1 is 1.16 bits per heavy atom. The minimum Gasteiger partial charge on any atom is -0.306 e. The first kappa shape index (κ1) is 13.8. The number of rotatable bonds is 2. The molecule has 0 atom stereocenters. The van der Waals surface area contributed by atoms with E-state index < -0.39 is 18.3 Å². The minimum absolute atomic E-state index is 0.0674. The highest BCUT2D eigenvalue weighted by Gasteiger charge is 2.29. The average Bonchev–Trinajstić information content (AvgIpc) is 2.31. The van der Waals surface area contributed by atoms with E-state index in [1.165, 1.54) is 6.20 Å². The molecule has 0 amide bonds. The second-order valence-corrected chi connectivity index (χ2v) is 4.86. The van der Waals surface area contributed by atoms with E-state index in [0.29, 0.717) is 35.8 Å². The van der Waals surface area contributed by atoms with Crippen molar-refractivity contribution in [3.63, 3.8) is 0 Å². The summed E-state index contributed by atoms with van der Waals surface area (Å²) in [6.45, 7) is -1.27. The van der Waals surface area contributed by atoms with Crippen LogP contribution in [0.15, 0.2) is 23.1 Å². The van der Waals surface area contributed by atoms with Gasteiger partial charge in [-0.2, -0.15) is 13.2 Å². The van der Waals surface area contributed by atoms with Gasteiger partial charge in [-0.05, 0) is 24.3 Å². The van der Waals surface area contributed by atoms with Gasteiger partial charge in [0.15, 0.2) is 0 Å². The molecule has 1 aromatic rings. The zero-order valence-corrected chi connectivity index (χ0v) is 10.2. The number of alkyl halides is 3. The van der Waals surface area contributed by atoms with Crippen molar-refractivity contribution in [3.05, 3.63) is 34.2 Å². The van der Waals surface area contributed by atoms with Crippen molar-refractivity contribution in [3.8, 4) is 0 Å². The summed E-state index contributed by atoms with van der Waals surface area (Å²) in [6.07, 6.45) is -0.931. The van der Waals surface area contributed by atoms with Gasteiger partial charge < -0.3 is 4.57 Å². The molecule has 1 fully saturated rings. The Hall–Kier alpha value is -1.59. The van der Waals surface area contributed by atoms with E-state index in [9.17, 15) is 22.8 Å². The van der Waals surface area contributed by atoms with Crippen molar-refractivity contribution in [1.29, 1.82) is 0 Å². The van der Waals surface area contributed by atoms with Gasteiger partial charge in [-0.15, -0.1) is 0 Å². The predicted molar refractivity (Wildman–Crippen MR) is 63.0 cm³/mol. The number of pyridine rings is 1. The Labute approximate surface area is 108 Å². The molecule has 0 aliphatic heterocycles. The highest BCUT2D eigenvalue weighted by atomic mass is 19.4. The first-order chi connectivity index (χ1) is 8.85. The maximum absolute atomic E-state index is 12.3. The SMILES string of the molecule is O=C1CCC(c2ccc(=O)n(CC(F)(F)F)c2)CC1. The molecule has 0 spiro atoms. The third-order valence-corrected chi connectivity index (χ3v) is 3.37. The number of halogens is 3. The van der Waals surface area contributed by atoms with Crippen molar-refractivity contribution in [2.24, 2.45) is 0 Å². The number of carbonyl (C=O) groups is 1. The largest absolute Gasteiger partial charge is 0.406 e. The maximum Gasteiger partial charge on any atom is 0.406 e. The lowest BCUT2D eigenvalue weighted by Crippen LogP contribution is -2.28. The van der Waals surface area contributed by atoms with Gasteiger partial charge >= 0.3 is 6.18 Å². The predicted octanol–water partition coefficient (Wildman–Crippen LogP) is 2.64. The zero-order chi connectivity index (χ0) is 14.0. The van der Waals surface area contributed by atoms with Crippen LogP contribution in [-0.4, -0.2) is 16.5 Å². The normalized spacial score (nSPS) is 17.7. The summed E-state index contributed by atoms with van der Waals surface area (Å²) in [5.74, 6) is 0.262. The molecule has 0 bridgehead atoms. The van der Waals surface area contributed by atoms with Crippen molar-refractivity contribution in [1.82, 2.24) is 4.57 Å². The molecule has 1 heterocycles. The van der Waals surface area contributed by atoms with Gasteiger partial charge in [0.1, 0.15) is 12.3 Å². The number of hydrogen-bond acceptors (Lipinski definition) is 2. The van der Waals surface area contributed by atoms with Gasteiger partial charge in [-0.3, -0.25) is 9.59 Å². The number of ketones is 1. The number of hydrogen-bond donors (Lipinski definition) is 0. The Bertz CT molecular complexity index is 523. The van der Waals surface area contributed by atoms with Crippen LogP contribution in [0.5, 0.6) is 0 Å². The van der Waals surface area contributed by atoms with Crippen LogP contribution in [0.4, 0.5) is 13.2 Å². The van der Waals surface area contributed by atoms with Crippen molar-refractivity contribution >= 4 is 5.78 Å². The van der Waals surface area contributed by atoms with Crippen molar-refractivity contribution in [2.45, 2.75) is 44.3 Å². The van der Waals surface area contributed by atoms with Crippen LogP contribution in [0.25, 0.3) is 0 Å². The van der Waals surface area contributed by atoms with E-state index in [1.54, 1.807) is 6.07 Å². The quantitative estimate of drug-likeness (QED) is 0.831. The second kappa shape index (κ2) is 5.19. The van der Waals surface area contributed by atoms with Crippen LogP contribution in [0.2, 0.25) is 0 Å². The highest BCUT2D eigenvalue weighted by molar-refractivity contribution is 5.79. The minimum atomic E-state index is -4.41. The molecule has 104 valence electrons. The molecule has 1 aromatic heterocycles. The molecule has 1 aliphatic rings. The van der Waals surface area contributed by atoms with Crippen LogP contribution in [-0.2, 0) is 11.3 Å². The summed E-state index contributed by atoms with van der Waals surface area (Å²) in [4.78, 5) is 22.5. The van der Waals surface area contributed by atoms with Gasteiger partial charge in [-0.25, -0.2) is 0 Å². The Morgan fingerprint density at radius 2 is 1.79 bits per heavy atom. The fourth-order valence-electron chi connectivity index (χ4n) is 2.38. The molecule has 0 aromatic carbocycles. The third-order valence-electron chi connectivity index (χ3n) is 3.37. The van der Waals surface area contributed by atoms with Crippen molar-refractivity contribution < 1.29 is 18.0 Å². The maximum atomic E-state index is 12.3. The Balaban J connectivity index is 2.21. The summed E-state index contributed by atoms with van der Waals surface area (Å²) in [7, 11) is 0. The average molecular weight is 273 g/mol. The van der Waals surface area contributed by atoms with E-state index in [4.69, 9.17) is 0 Å². The van der Waals surface area contributed by atoms with E-state index in [0.717, 1.165) is 6.07 Å². The molecule has 0 saturated heterocycles. The molecule has 1 saturated carbocycles. The first-order valence-corrected chi connectivity index (χ1v) is 6.14. The lowest BCUT2D eigenvalue weighted by molar-refractivity contribution is -0.141. The lowest BCUT2D eigenvalue weighted by atomic mass is 9.84. The molecule has 2 rings (SSSR count). The molecule has 3 nitrogen and oxygen atoms in total. The lowest BCUT2D eigenvalue weighted by Gasteiger charge is -2.22. The van der Waals surface area contributed by atoms with Crippen LogP contribution in [0, 0.1) is 0 Å². The summed E-state index contributed by atoms with van der Waals surface area (Å²) >= 11 is 0. The van der Waals surface area contributed by atoms with Crippen LogP contribution < -0.4 is 5.56 Å². The molecular formula is C13H14F3NO2. The van der Waals surface area contributed by atoms with Gasteiger partial charge in [0.2, 0.25) is 0 Å². The molecule has 6 heteroatoms. The number of aromatic nitrogens is 1. The molecule has 1 aliphatic carbocycles. The zero-order valence-electron chi connectivity index (χ0n) is 10.2. The third kappa shape index (κ3) is 3.68. The van der Waals surface area contributed by atoms with E-state index in [1.807, 2.05) is 0 Å². The van der Waals surface area contributed by atoms with E-state index >= 15 is 0 Å². The second-order valence-electron chi connectivity index (χ2n) is 4.86. The molecule has 0 radical (unpaired) electrons. The highest BCUT2D eigenvalue weighted by Crippen LogP contribution is 2.30. The summed E-state index contributed by atoms with van der Waals surface area (Å²) < 4.78 is 37.7. The fraction of sp³-hybridized carbons (Fsp3) is 0.538. The summed E-state index contributed by atoms with van der Waals surface area (Å²) in [5.41, 5.74) is 0.0457. The number of carbonyl (C=O) groups excluding carboxylic acids is 1.